The van der Waals surface area contributed by atoms with E-state index in [1.807, 2.05) is 6.92 Å². The van der Waals surface area contributed by atoms with E-state index in [-0.39, 0.29) is 26.9 Å². The number of Topliss-reactive ketones (excluding diaryl/α,β-unsaturated/α-hetero) is 1. The predicted molar refractivity (Wildman–Crippen MR) is 114 cm³/mol. The van der Waals surface area contributed by atoms with Gasteiger partial charge in [0.15, 0.2) is 0 Å². The lowest BCUT2D eigenvalue weighted by molar-refractivity contribution is -0.139. The van der Waals surface area contributed by atoms with Gasteiger partial charge in [-0.1, -0.05) is 53.9 Å². The highest BCUT2D eigenvalue weighted by atomic mass is 35.5. The number of benzene rings is 2. The van der Waals surface area contributed by atoms with Crippen molar-refractivity contribution in [3.05, 3.63) is 68.2 Å². The van der Waals surface area contributed by atoms with Gasteiger partial charge in [-0.25, -0.2) is 0 Å². The van der Waals surface area contributed by atoms with Gasteiger partial charge in [0, 0.05) is 16.6 Å². The lowest BCUT2D eigenvalue weighted by Gasteiger charge is -2.25. The maximum absolute atomic E-state index is 12.9. The van der Waals surface area contributed by atoms with Gasteiger partial charge in [-0.15, -0.1) is 0 Å². The number of nitrogens with zero attached hydrogens (tertiary/aromatic N) is 1. The number of amides is 1. The monoisotopic (exact) mass is 453 g/mol. The van der Waals surface area contributed by atoms with Crippen molar-refractivity contribution in [2.24, 2.45) is 0 Å². The molecule has 8 heteroatoms. The Balaban J connectivity index is 2.27. The van der Waals surface area contributed by atoms with Crippen molar-refractivity contribution in [2.75, 3.05) is 13.7 Å². The predicted octanol–water partition coefficient (Wildman–Crippen LogP) is 5.49. The lowest BCUT2D eigenvalue weighted by Crippen LogP contribution is -2.30. The van der Waals surface area contributed by atoms with Crippen LogP contribution in [-0.4, -0.2) is 35.4 Å². The average molecular weight is 455 g/mol. The van der Waals surface area contributed by atoms with E-state index < -0.39 is 23.5 Å². The number of aliphatic hydroxyl groups excluding tert-OH is 1. The summed E-state index contributed by atoms with van der Waals surface area (Å²) in [6.45, 7) is 2.25. The van der Waals surface area contributed by atoms with E-state index in [1.54, 1.807) is 24.3 Å². The van der Waals surface area contributed by atoms with Crippen molar-refractivity contribution in [1.29, 1.82) is 0 Å². The molecule has 2 aromatic rings. The third kappa shape index (κ3) is 3.95. The molecule has 2 aromatic carbocycles. The Morgan fingerprint density at radius 1 is 1.10 bits per heavy atom. The van der Waals surface area contributed by atoms with Crippen LogP contribution >= 0.6 is 34.8 Å². The molecule has 1 atom stereocenters. The van der Waals surface area contributed by atoms with Gasteiger partial charge >= 0.3 is 0 Å². The highest BCUT2D eigenvalue weighted by Crippen LogP contribution is 2.43. The molecule has 1 fully saturated rings. The normalized spacial score (nSPS) is 18.4. The summed E-state index contributed by atoms with van der Waals surface area (Å²) in [6.07, 6.45) is 0.642. The van der Waals surface area contributed by atoms with Crippen LogP contribution in [0, 0.1) is 0 Å². The molecule has 1 unspecified atom stereocenters. The highest BCUT2D eigenvalue weighted by Gasteiger charge is 2.46. The third-order valence-electron chi connectivity index (χ3n) is 4.66. The van der Waals surface area contributed by atoms with Crippen LogP contribution in [0.25, 0.3) is 5.76 Å². The van der Waals surface area contributed by atoms with Gasteiger partial charge in [-0.3, -0.25) is 9.59 Å². The van der Waals surface area contributed by atoms with Crippen LogP contribution in [0.2, 0.25) is 15.1 Å². The van der Waals surface area contributed by atoms with E-state index in [4.69, 9.17) is 39.5 Å². The van der Waals surface area contributed by atoms with E-state index in [1.165, 1.54) is 24.1 Å². The van der Waals surface area contributed by atoms with Crippen molar-refractivity contribution >= 4 is 52.3 Å². The zero-order valence-electron chi connectivity index (χ0n) is 15.7. The first-order valence-corrected chi connectivity index (χ1v) is 10.0. The molecule has 1 heterocycles. The summed E-state index contributed by atoms with van der Waals surface area (Å²) in [5.74, 6) is -1.71. The molecule has 1 aliphatic heterocycles. The molecule has 0 spiro atoms. The number of carbonyl (C=O) groups is 2. The van der Waals surface area contributed by atoms with Gasteiger partial charge in [-0.2, -0.15) is 0 Å². The van der Waals surface area contributed by atoms with Crippen LogP contribution in [0.3, 0.4) is 0 Å². The van der Waals surface area contributed by atoms with Crippen molar-refractivity contribution < 1.29 is 19.4 Å². The molecule has 29 heavy (non-hydrogen) atoms. The number of rotatable bonds is 5. The van der Waals surface area contributed by atoms with Crippen molar-refractivity contribution in [1.82, 2.24) is 4.90 Å². The Morgan fingerprint density at radius 3 is 2.34 bits per heavy atom. The van der Waals surface area contributed by atoms with E-state index >= 15 is 0 Å². The fourth-order valence-corrected chi connectivity index (χ4v) is 4.13. The molecule has 5 nitrogen and oxygen atoms in total. The molecule has 1 amide bonds. The molecule has 0 radical (unpaired) electrons. The van der Waals surface area contributed by atoms with Crippen LogP contribution in [0.1, 0.15) is 30.5 Å². The second kappa shape index (κ2) is 8.66. The molecular weight excluding hydrogens is 437 g/mol. The van der Waals surface area contributed by atoms with Crippen molar-refractivity contribution in [2.45, 2.75) is 19.4 Å². The van der Waals surface area contributed by atoms with E-state index in [2.05, 4.69) is 0 Å². The Kier molecular flexibility index (Phi) is 6.42. The molecule has 1 aliphatic rings. The van der Waals surface area contributed by atoms with Gasteiger partial charge in [0.05, 0.1) is 29.3 Å². The van der Waals surface area contributed by atoms with Gasteiger partial charge in [0.2, 0.25) is 0 Å². The van der Waals surface area contributed by atoms with Gasteiger partial charge < -0.3 is 14.7 Å². The molecule has 0 bridgehead atoms. The first-order chi connectivity index (χ1) is 13.8. The second-order valence-electron chi connectivity index (χ2n) is 6.51. The van der Waals surface area contributed by atoms with Gasteiger partial charge in [0.25, 0.3) is 11.7 Å². The van der Waals surface area contributed by atoms with E-state index in [0.29, 0.717) is 23.6 Å². The zero-order valence-corrected chi connectivity index (χ0v) is 18.0. The minimum atomic E-state index is -0.783. The standard InChI is InChI=1S/C21H18Cl3NO4/c1-3-8-25-17(11-4-6-12(22)7-5-11)16(19(27)21(25)28)18(26)14-9-13(23)10-15(24)20(14)29-2/h4-7,9-10,17,26H,3,8H2,1-2H3/b18-16+. The van der Waals surface area contributed by atoms with Crippen LogP contribution in [-0.2, 0) is 9.59 Å². The molecule has 1 saturated heterocycles. The Labute approximate surface area is 183 Å². The summed E-state index contributed by atoms with van der Waals surface area (Å²) in [6, 6.07) is 8.90. The number of aliphatic hydroxyl groups is 1. The smallest absolute Gasteiger partial charge is 0.295 e. The number of likely N-dealkylation sites (tertiary alicyclic amines) is 1. The second-order valence-corrected chi connectivity index (χ2v) is 7.79. The summed E-state index contributed by atoms with van der Waals surface area (Å²) >= 11 is 18.3. The molecule has 0 aliphatic carbocycles. The summed E-state index contributed by atoms with van der Waals surface area (Å²) in [7, 11) is 1.39. The first kappa shape index (κ1) is 21.5. The molecule has 152 valence electrons. The fourth-order valence-electron chi connectivity index (χ4n) is 3.43. The zero-order chi connectivity index (χ0) is 21.3. The quantitative estimate of drug-likeness (QED) is 0.369. The van der Waals surface area contributed by atoms with Crippen LogP contribution in [0.5, 0.6) is 5.75 Å². The first-order valence-electron chi connectivity index (χ1n) is 8.87. The number of ketones is 1. The lowest BCUT2D eigenvalue weighted by atomic mass is 9.95. The minimum Gasteiger partial charge on any atom is -0.507 e. The third-order valence-corrected chi connectivity index (χ3v) is 5.41. The van der Waals surface area contributed by atoms with Crippen LogP contribution in [0.4, 0.5) is 0 Å². The summed E-state index contributed by atoms with van der Waals surface area (Å²) in [4.78, 5) is 27.0. The van der Waals surface area contributed by atoms with Gasteiger partial charge in [-0.05, 0) is 36.2 Å². The molecular formula is C21H18Cl3NO4. The minimum absolute atomic E-state index is 0.0533. The summed E-state index contributed by atoms with van der Waals surface area (Å²) in [5, 5.41) is 12.0. The van der Waals surface area contributed by atoms with E-state index in [0.717, 1.165) is 0 Å². The maximum Gasteiger partial charge on any atom is 0.295 e. The number of ether oxygens (including phenoxy) is 1. The van der Waals surface area contributed by atoms with Crippen LogP contribution < -0.4 is 4.74 Å². The number of hydrogen-bond acceptors (Lipinski definition) is 4. The molecule has 1 N–H and O–H groups in total. The largest absolute Gasteiger partial charge is 0.507 e. The SMILES string of the molecule is CCCN1C(=O)C(=O)/C(=C(/O)c2cc(Cl)cc(Cl)c2OC)C1c1ccc(Cl)cc1. The topological polar surface area (TPSA) is 66.8 Å². The fraction of sp³-hybridized carbons (Fsp3) is 0.238. The van der Waals surface area contributed by atoms with Crippen molar-refractivity contribution in [3.63, 3.8) is 0 Å². The number of halogens is 3. The van der Waals surface area contributed by atoms with Crippen LogP contribution in [0.15, 0.2) is 42.0 Å². The number of carbonyl (C=O) groups excluding carboxylic acids is 2. The van der Waals surface area contributed by atoms with Crippen molar-refractivity contribution in [3.8, 4) is 5.75 Å². The Morgan fingerprint density at radius 2 is 1.76 bits per heavy atom. The van der Waals surface area contributed by atoms with Gasteiger partial charge in [0.1, 0.15) is 11.5 Å². The summed E-state index contributed by atoms with van der Waals surface area (Å²) in [5.41, 5.74) is 0.733. The summed E-state index contributed by atoms with van der Waals surface area (Å²) < 4.78 is 5.29. The molecule has 0 saturated carbocycles. The van der Waals surface area contributed by atoms with E-state index in [9.17, 15) is 14.7 Å². The Hall–Kier alpha value is -2.21. The number of methoxy groups -OCH3 is 1. The number of hydrogen-bond donors (Lipinski definition) is 1. The maximum atomic E-state index is 12.9. The Bertz CT molecular complexity index is 1000. The highest BCUT2D eigenvalue weighted by molar-refractivity contribution is 6.46. The molecule has 3 rings (SSSR count). The molecule has 0 aromatic heterocycles. The average Bonchev–Trinajstić information content (AvgIpc) is 2.93.